The van der Waals surface area contributed by atoms with E-state index in [1.54, 1.807) is 11.8 Å². The molecule has 12 heavy (non-hydrogen) atoms. The summed E-state index contributed by atoms with van der Waals surface area (Å²) >= 11 is 1.78. The number of likely N-dealkylation sites (N-methyl/N-ethyl adjacent to an activating group) is 1. The maximum Gasteiger partial charge on any atom is 0.0725 e. The first-order valence-corrected chi connectivity index (χ1v) is 5.03. The van der Waals surface area contributed by atoms with E-state index in [0.717, 1.165) is 5.03 Å². The topological polar surface area (TPSA) is 3.24 Å². The van der Waals surface area contributed by atoms with E-state index in [4.69, 9.17) is 0 Å². The van der Waals surface area contributed by atoms with Gasteiger partial charge >= 0.3 is 0 Å². The van der Waals surface area contributed by atoms with Crippen LogP contribution in [0.4, 0.5) is 0 Å². The third kappa shape index (κ3) is 1.11. The van der Waals surface area contributed by atoms with E-state index in [-0.39, 0.29) is 0 Å². The van der Waals surface area contributed by atoms with Gasteiger partial charge in [-0.05, 0) is 12.3 Å². The number of hydrogen-bond acceptors (Lipinski definition) is 2. The smallest absolute Gasteiger partial charge is 0.0725 e. The summed E-state index contributed by atoms with van der Waals surface area (Å²) in [5.74, 6) is 0.678. The predicted molar refractivity (Wildman–Crippen MR) is 54.4 cm³/mol. The Bertz CT molecular complexity index is 288. The molecule has 1 heterocycles. The van der Waals surface area contributed by atoms with Crippen molar-refractivity contribution >= 4 is 11.8 Å². The quantitative estimate of drug-likeness (QED) is 0.562. The minimum Gasteiger partial charge on any atom is -0.339 e. The molecule has 1 fully saturated rings. The highest BCUT2D eigenvalue weighted by atomic mass is 32.2. The van der Waals surface area contributed by atoms with Gasteiger partial charge in [-0.1, -0.05) is 37.4 Å². The summed E-state index contributed by atoms with van der Waals surface area (Å²) in [6.45, 7) is 6.24. The van der Waals surface area contributed by atoms with Gasteiger partial charge in [-0.15, -0.1) is 0 Å². The highest BCUT2D eigenvalue weighted by Gasteiger charge is 2.25. The van der Waals surface area contributed by atoms with Crippen molar-refractivity contribution in [2.75, 3.05) is 7.05 Å². The largest absolute Gasteiger partial charge is 0.339 e. The molecule has 2 rings (SSSR count). The molecule has 0 saturated carbocycles. The van der Waals surface area contributed by atoms with E-state index in [1.807, 2.05) is 0 Å². The molecule has 0 aromatic rings. The molecule has 2 heteroatoms. The second-order valence-electron chi connectivity index (χ2n) is 3.39. The molecule has 1 aliphatic heterocycles. The molecule has 0 N–H and O–H groups in total. The van der Waals surface area contributed by atoms with Gasteiger partial charge in [0.2, 0.25) is 0 Å². The average Bonchev–Trinajstić information content (AvgIpc) is 2.31. The molecule has 0 bridgehead atoms. The first-order valence-electron chi connectivity index (χ1n) is 4.21. The zero-order valence-corrected chi connectivity index (χ0v) is 8.32. The Balaban J connectivity index is 2.37. The van der Waals surface area contributed by atoms with Gasteiger partial charge in [0.25, 0.3) is 0 Å². The van der Waals surface area contributed by atoms with Crippen LogP contribution in [0, 0.1) is 5.92 Å². The van der Waals surface area contributed by atoms with Crippen LogP contribution >= 0.6 is 11.8 Å². The van der Waals surface area contributed by atoms with Crippen molar-refractivity contribution in [3.63, 3.8) is 0 Å². The third-order valence-electron chi connectivity index (χ3n) is 2.33. The molecule has 0 amide bonds. The molecule has 64 valence electrons. The first kappa shape index (κ1) is 7.99. The van der Waals surface area contributed by atoms with Crippen molar-refractivity contribution in [3.8, 4) is 0 Å². The highest BCUT2D eigenvalue weighted by molar-refractivity contribution is 8.07. The molecule has 1 unspecified atom stereocenters. The fourth-order valence-corrected chi connectivity index (χ4v) is 2.50. The molecule has 2 aliphatic rings. The average molecular weight is 179 g/mol. The lowest BCUT2D eigenvalue weighted by Crippen LogP contribution is -2.11. The minimum atomic E-state index is 0.678. The van der Waals surface area contributed by atoms with Crippen molar-refractivity contribution in [1.29, 1.82) is 0 Å². The van der Waals surface area contributed by atoms with Crippen LogP contribution in [0.1, 0.15) is 13.3 Å². The maximum absolute atomic E-state index is 3.99. The summed E-state index contributed by atoms with van der Waals surface area (Å²) < 4.78 is 0. The van der Waals surface area contributed by atoms with Crippen LogP contribution in [0.3, 0.4) is 0 Å². The molecular formula is C10H13NS. The van der Waals surface area contributed by atoms with Crippen molar-refractivity contribution in [3.05, 3.63) is 34.4 Å². The third-order valence-corrected chi connectivity index (χ3v) is 3.44. The summed E-state index contributed by atoms with van der Waals surface area (Å²) in [4.78, 5) is 3.56. The number of hydrogen-bond donors (Lipinski definition) is 0. The zero-order valence-electron chi connectivity index (χ0n) is 7.50. The molecule has 0 radical (unpaired) electrons. The zero-order chi connectivity index (χ0) is 8.72. The van der Waals surface area contributed by atoms with Crippen LogP contribution < -0.4 is 0 Å². The second kappa shape index (κ2) is 2.70. The van der Waals surface area contributed by atoms with Crippen LogP contribution in [0.2, 0.25) is 0 Å². The SMILES string of the molecule is C=C1SC2=CCC(C)C=C2N1C. The Labute approximate surface area is 77.8 Å². The van der Waals surface area contributed by atoms with Crippen molar-refractivity contribution in [2.24, 2.45) is 5.92 Å². The van der Waals surface area contributed by atoms with Crippen LogP contribution in [0.15, 0.2) is 34.4 Å². The lowest BCUT2D eigenvalue weighted by molar-refractivity contribution is 0.563. The maximum atomic E-state index is 3.99. The normalized spacial score (nSPS) is 28.3. The predicted octanol–water partition coefficient (Wildman–Crippen LogP) is 2.94. The van der Waals surface area contributed by atoms with Crippen LogP contribution in [0.25, 0.3) is 0 Å². The fourth-order valence-electron chi connectivity index (χ4n) is 1.52. The van der Waals surface area contributed by atoms with E-state index in [9.17, 15) is 0 Å². The Morgan fingerprint density at radius 2 is 2.42 bits per heavy atom. The number of rotatable bonds is 0. The molecule has 1 aliphatic carbocycles. The van der Waals surface area contributed by atoms with E-state index < -0.39 is 0 Å². The first-order chi connectivity index (χ1) is 5.68. The highest BCUT2D eigenvalue weighted by Crippen LogP contribution is 2.45. The molecule has 0 aromatic heterocycles. The van der Waals surface area contributed by atoms with Crippen LogP contribution in [-0.4, -0.2) is 11.9 Å². The van der Waals surface area contributed by atoms with Gasteiger partial charge in [0.15, 0.2) is 0 Å². The van der Waals surface area contributed by atoms with E-state index in [1.165, 1.54) is 17.0 Å². The fraction of sp³-hybridized carbons (Fsp3) is 0.400. The summed E-state index contributed by atoms with van der Waals surface area (Å²) in [5.41, 5.74) is 1.35. The molecule has 0 spiro atoms. The van der Waals surface area contributed by atoms with Crippen molar-refractivity contribution < 1.29 is 0 Å². The molecule has 1 nitrogen and oxygen atoms in total. The standard InChI is InChI=1S/C10H13NS/c1-7-4-5-10-9(6-7)11(3)8(2)12-10/h5-7H,2,4H2,1,3H3. The van der Waals surface area contributed by atoms with Gasteiger partial charge in [0.1, 0.15) is 0 Å². The number of allylic oxidation sites excluding steroid dienone is 2. The molecular weight excluding hydrogens is 166 g/mol. The minimum absolute atomic E-state index is 0.678. The van der Waals surface area contributed by atoms with Gasteiger partial charge in [-0.2, -0.15) is 0 Å². The Morgan fingerprint density at radius 1 is 1.67 bits per heavy atom. The van der Waals surface area contributed by atoms with Crippen LogP contribution in [0.5, 0.6) is 0 Å². The Hall–Kier alpha value is -0.630. The van der Waals surface area contributed by atoms with Gasteiger partial charge in [0.05, 0.1) is 10.7 Å². The van der Waals surface area contributed by atoms with Gasteiger partial charge in [-0.3, -0.25) is 0 Å². The number of fused-ring (bicyclic) bond motifs is 1. The Morgan fingerprint density at radius 3 is 3.17 bits per heavy atom. The number of nitrogens with zero attached hydrogens (tertiary/aromatic N) is 1. The molecule has 0 aromatic carbocycles. The Kier molecular flexibility index (Phi) is 1.80. The van der Waals surface area contributed by atoms with Crippen molar-refractivity contribution in [2.45, 2.75) is 13.3 Å². The van der Waals surface area contributed by atoms with E-state index in [0.29, 0.717) is 5.92 Å². The lowest BCUT2D eigenvalue weighted by atomic mass is 10.0. The summed E-state index contributed by atoms with van der Waals surface area (Å²) in [6.07, 6.45) is 5.83. The molecule has 1 saturated heterocycles. The molecule has 1 atom stereocenters. The summed E-state index contributed by atoms with van der Waals surface area (Å²) in [6, 6.07) is 0. The second-order valence-corrected chi connectivity index (χ2v) is 4.50. The monoisotopic (exact) mass is 179 g/mol. The van der Waals surface area contributed by atoms with E-state index >= 15 is 0 Å². The number of thioether (sulfide) groups is 1. The van der Waals surface area contributed by atoms with Crippen LogP contribution in [-0.2, 0) is 0 Å². The summed E-state index contributed by atoms with van der Waals surface area (Å²) in [5, 5.41) is 1.14. The summed E-state index contributed by atoms with van der Waals surface area (Å²) in [7, 11) is 2.08. The lowest BCUT2D eigenvalue weighted by Gasteiger charge is -2.17. The van der Waals surface area contributed by atoms with Gasteiger partial charge in [0, 0.05) is 12.0 Å². The van der Waals surface area contributed by atoms with E-state index in [2.05, 4.69) is 37.6 Å². The van der Waals surface area contributed by atoms with Crippen molar-refractivity contribution in [1.82, 2.24) is 4.90 Å². The van der Waals surface area contributed by atoms with Gasteiger partial charge < -0.3 is 4.90 Å². The van der Waals surface area contributed by atoms with Gasteiger partial charge in [-0.25, -0.2) is 0 Å².